The molecule has 0 unspecified atom stereocenters. The molecule has 1 aromatic heterocycles. The monoisotopic (exact) mass is 281 g/mol. The number of alkyl halides is 2. The average Bonchev–Trinajstić information content (AvgIpc) is 2.71. The maximum Gasteiger partial charge on any atom is 0.387 e. The molecule has 0 bridgehead atoms. The molecule has 5 nitrogen and oxygen atoms in total. The normalized spacial score (nSPS) is 10.7. The van der Waals surface area contributed by atoms with E-state index in [9.17, 15) is 13.6 Å². The van der Waals surface area contributed by atoms with Gasteiger partial charge in [-0.05, 0) is 26.0 Å². The first-order valence-electron chi connectivity index (χ1n) is 5.85. The first kappa shape index (κ1) is 14.0. The Balaban J connectivity index is 2.24. The van der Waals surface area contributed by atoms with Crippen LogP contribution in [0, 0.1) is 13.8 Å². The third-order valence-corrected chi connectivity index (χ3v) is 2.71. The minimum absolute atomic E-state index is 0.0883. The standard InChI is InChI=1S/C13H13F2N3O2/c1-7-11(8(2)18-17-7)12(19)16-9-5-3-4-6-10(9)20-13(14)15/h3-6,13H,1-2H3,(H,16,19)(H,17,18). The Morgan fingerprint density at radius 2 is 2.05 bits per heavy atom. The number of para-hydroxylation sites is 2. The summed E-state index contributed by atoms with van der Waals surface area (Å²) in [7, 11) is 0. The Morgan fingerprint density at radius 1 is 1.35 bits per heavy atom. The number of nitrogens with zero attached hydrogens (tertiary/aromatic N) is 1. The van der Waals surface area contributed by atoms with Crippen molar-refractivity contribution in [2.75, 3.05) is 5.32 Å². The molecule has 0 spiro atoms. The van der Waals surface area contributed by atoms with Crippen LogP contribution in [0.3, 0.4) is 0 Å². The van der Waals surface area contributed by atoms with Crippen molar-refractivity contribution in [1.82, 2.24) is 10.2 Å². The van der Waals surface area contributed by atoms with Crippen molar-refractivity contribution in [2.45, 2.75) is 20.5 Å². The van der Waals surface area contributed by atoms with Gasteiger partial charge in [0.15, 0.2) is 0 Å². The summed E-state index contributed by atoms with van der Waals surface area (Å²) in [6.07, 6.45) is 0. The van der Waals surface area contributed by atoms with Gasteiger partial charge in [-0.25, -0.2) is 0 Å². The molecule has 0 radical (unpaired) electrons. The van der Waals surface area contributed by atoms with Gasteiger partial charge in [0, 0.05) is 5.69 Å². The highest BCUT2D eigenvalue weighted by Gasteiger charge is 2.17. The van der Waals surface area contributed by atoms with E-state index in [1.165, 1.54) is 12.1 Å². The number of ether oxygens (including phenoxy) is 1. The fourth-order valence-electron chi connectivity index (χ4n) is 1.84. The van der Waals surface area contributed by atoms with Crippen LogP contribution in [0.2, 0.25) is 0 Å². The quantitative estimate of drug-likeness (QED) is 0.905. The van der Waals surface area contributed by atoms with Crippen LogP contribution >= 0.6 is 0 Å². The van der Waals surface area contributed by atoms with Crippen LogP contribution in [0.15, 0.2) is 24.3 Å². The highest BCUT2D eigenvalue weighted by molar-refractivity contribution is 6.06. The van der Waals surface area contributed by atoms with E-state index in [2.05, 4.69) is 20.3 Å². The number of nitrogens with one attached hydrogen (secondary N) is 2. The van der Waals surface area contributed by atoms with Crippen molar-refractivity contribution < 1.29 is 18.3 Å². The van der Waals surface area contributed by atoms with Gasteiger partial charge in [0.05, 0.1) is 16.9 Å². The SMILES string of the molecule is Cc1n[nH]c(C)c1C(=O)Nc1ccccc1OC(F)F. The van der Waals surface area contributed by atoms with E-state index in [-0.39, 0.29) is 11.4 Å². The number of hydrogen-bond donors (Lipinski definition) is 2. The molecule has 0 fully saturated rings. The summed E-state index contributed by atoms with van der Waals surface area (Å²) in [5.41, 5.74) is 1.70. The Labute approximate surface area is 114 Å². The number of halogens is 2. The van der Waals surface area contributed by atoms with E-state index >= 15 is 0 Å². The van der Waals surface area contributed by atoms with Crippen LogP contribution in [0.5, 0.6) is 5.75 Å². The van der Waals surface area contributed by atoms with Gasteiger partial charge in [-0.15, -0.1) is 0 Å². The highest BCUT2D eigenvalue weighted by Crippen LogP contribution is 2.26. The molecule has 7 heteroatoms. The lowest BCUT2D eigenvalue weighted by atomic mass is 10.2. The van der Waals surface area contributed by atoms with Crippen molar-refractivity contribution in [2.24, 2.45) is 0 Å². The van der Waals surface area contributed by atoms with E-state index < -0.39 is 12.5 Å². The minimum atomic E-state index is -2.95. The number of aromatic nitrogens is 2. The molecule has 0 aliphatic rings. The number of aryl methyl sites for hydroxylation is 2. The number of aromatic amines is 1. The fourth-order valence-corrected chi connectivity index (χ4v) is 1.84. The number of anilines is 1. The van der Waals surface area contributed by atoms with E-state index in [0.717, 1.165) is 0 Å². The molecule has 2 aromatic rings. The first-order chi connectivity index (χ1) is 9.49. The molecule has 0 atom stereocenters. The fraction of sp³-hybridized carbons (Fsp3) is 0.231. The van der Waals surface area contributed by atoms with E-state index in [1.807, 2.05) is 0 Å². The summed E-state index contributed by atoms with van der Waals surface area (Å²) in [6, 6.07) is 6.00. The van der Waals surface area contributed by atoms with Crippen molar-refractivity contribution in [3.63, 3.8) is 0 Å². The van der Waals surface area contributed by atoms with Crippen molar-refractivity contribution >= 4 is 11.6 Å². The van der Waals surface area contributed by atoms with E-state index in [0.29, 0.717) is 17.0 Å². The predicted molar refractivity (Wildman–Crippen MR) is 69.1 cm³/mol. The maximum atomic E-state index is 12.3. The lowest BCUT2D eigenvalue weighted by Crippen LogP contribution is -2.15. The summed E-state index contributed by atoms with van der Waals surface area (Å²) in [5, 5.41) is 9.14. The zero-order chi connectivity index (χ0) is 14.7. The molecule has 1 amide bonds. The number of carbonyl (C=O) groups excluding carboxylic acids is 1. The molecule has 106 valence electrons. The molecule has 0 saturated carbocycles. The van der Waals surface area contributed by atoms with Gasteiger partial charge in [-0.3, -0.25) is 9.89 Å². The van der Waals surface area contributed by atoms with Crippen LogP contribution in [-0.4, -0.2) is 22.7 Å². The lowest BCUT2D eigenvalue weighted by Gasteiger charge is -2.11. The zero-order valence-corrected chi connectivity index (χ0v) is 10.9. The van der Waals surface area contributed by atoms with Gasteiger partial charge in [0.1, 0.15) is 5.75 Å². The maximum absolute atomic E-state index is 12.3. The second-order valence-corrected chi connectivity index (χ2v) is 4.14. The summed E-state index contributed by atoms with van der Waals surface area (Å²) < 4.78 is 28.9. The third-order valence-electron chi connectivity index (χ3n) is 2.71. The number of hydrogen-bond acceptors (Lipinski definition) is 3. The van der Waals surface area contributed by atoms with Crippen LogP contribution in [-0.2, 0) is 0 Å². The van der Waals surface area contributed by atoms with E-state index in [4.69, 9.17) is 0 Å². The lowest BCUT2D eigenvalue weighted by molar-refractivity contribution is -0.0493. The second kappa shape index (κ2) is 5.68. The second-order valence-electron chi connectivity index (χ2n) is 4.14. The Hall–Kier alpha value is -2.44. The van der Waals surface area contributed by atoms with Gasteiger partial charge in [0.2, 0.25) is 0 Å². The van der Waals surface area contributed by atoms with Crippen molar-refractivity contribution in [3.8, 4) is 5.75 Å². The van der Waals surface area contributed by atoms with Crippen LogP contribution in [0.25, 0.3) is 0 Å². The average molecular weight is 281 g/mol. The predicted octanol–water partition coefficient (Wildman–Crippen LogP) is 2.88. The number of H-pyrrole nitrogens is 1. The smallest absolute Gasteiger partial charge is 0.387 e. The van der Waals surface area contributed by atoms with Crippen molar-refractivity contribution in [1.29, 1.82) is 0 Å². The number of benzene rings is 1. The first-order valence-corrected chi connectivity index (χ1v) is 5.85. The van der Waals surface area contributed by atoms with Crippen LogP contribution in [0.1, 0.15) is 21.7 Å². The summed E-state index contributed by atoms with van der Waals surface area (Å²) in [4.78, 5) is 12.1. The van der Waals surface area contributed by atoms with Gasteiger partial charge < -0.3 is 10.1 Å². The molecule has 1 heterocycles. The molecule has 20 heavy (non-hydrogen) atoms. The van der Waals surface area contributed by atoms with Gasteiger partial charge in [-0.2, -0.15) is 13.9 Å². The molecule has 2 N–H and O–H groups in total. The van der Waals surface area contributed by atoms with Crippen LogP contribution in [0.4, 0.5) is 14.5 Å². The van der Waals surface area contributed by atoms with Crippen molar-refractivity contribution in [3.05, 3.63) is 41.2 Å². The topological polar surface area (TPSA) is 67.0 Å². The zero-order valence-electron chi connectivity index (χ0n) is 10.9. The molecule has 0 saturated heterocycles. The molecular formula is C13H13F2N3O2. The number of carbonyl (C=O) groups is 1. The summed E-state index contributed by atoms with van der Waals surface area (Å²) in [5.74, 6) is -0.520. The summed E-state index contributed by atoms with van der Waals surface area (Å²) >= 11 is 0. The largest absolute Gasteiger partial charge is 0.433 e. The molecule has 0 aliphatic heterocycles. The third kappa shape index (κ3) is 2.93. The molecule has 1 aromatic carbocycles. The van der Waals surface area contributed by atoms with Gasteiger partial charge in [-0.1, -0.05) is 12.1 Å². The Morgan fingerprint density at radius 3 is 2.65 bits per heavy atom. The minimum Gasteiger partial charge on any atom is -0.433 e. The highest BCUT2D eigenvalue weighted by atomic mass is 19.3. The molecule has 2 rings (SSSR count). The number of amides is 1. The van der Waals surface area contributed by atoms with Gasteiger partial charge >= 0.3 is 6.61 Å². The van der Waals surface area contributed by atoms with E-state index in [1.54, 1.807) is 26.0 Å². The molecular weight excluding hydrogens is 268 g/mol. The van der Waals surface area contributed by atoms with Gasteiger partial charge in [0.25, 0.3) is 5.91 Å². The summed E-state index contributed by atoms with van der Waals surface area (Å²) in [6.45, 7) is 0.432. The van der Waals surface area contributed by atoms with Crippen LogP contribution < -0.4 is 10.1 Å². The Bertz CT molecular complexity index is 606. The molecule has 0 aliphatic carbocycles. The Kier molecular flexibility index (Phi) is 3.97. The number of rotatable bonds is 4.